The summed E-state index contributed by atoms with van der Waals surface area (Å²) in [6, 6.07) is 10.3. The van der Waals surface area contributed by atoms with Crippen LogP contribution in [0, 0.1) is 0 Å². The van der Waals surface area contributed by atoms with Crippen LogP contribution in [0.5, 0.6) is 0 Å². The van der Waals surface area contributed by atoms with Gasteiger partial charge in [-0.25, -0.2) is 0 Å². The SMILES string of the molecule is CC(C)c1ccc(-c2cnccc2N)cc1. The van der Waals surface area contributed by atoms with Crippen molar-refractivity contribution in [2.24, 2.45) is 0 Å². The highest BCUT2D eigenvalue weighted by Crippen LogP contribution is 2.26. The molecule has 16 heavy (non-hydrogen) atoms. The van der Waals surface area contributed by atoms with Gasteiger partial charge in [0.25, 0.3) is 0 Å². The first-order valence-electron chi connectivity index (χ1n) is 5.48. The van der Waals surface area contributed by atoms with E-state index in [0.29, 0.717) is 5.92 Å². The van der Waals surface area contributed by atoms with Crippen LogP contribution in [-0.4, -0.2) is 4.98 Å². The van der Waals surface area contributed by atoms with Gasteiger partial charge in [-0.15, -0.1) is 0 Å². The topological polar surface area (TPSA) is 38.9 Å². The monoisotopic (exact) mass is 212 g/mol. The summed E-state index contributed by atoms with van der Waals surface area (Å²) >= 11 is 0. The number of hydrogen-bond donors (Lipinski definition) is 1. The van der Waals surface area contributed by atoms with Gasteiger partial charge >= 0.3 is 0 Å². The first-order chi connectivity index (χ1) is 7.68. The lowest BCUT2D eigenvalue weighted by molar-refractivity contribution is 0.867. The average molecular weight is 212 g/mol. The third kappa shape index (κ3) is 2.06. The Morgan fingerprint density at radius 3 is 2.31 bits per heavy atom. The van der Waals surface area contributed by atoms with E-state index in [2.05, 4.69) is 43.1 Å². The fourth-order valence-corrected chi connectivity index (χ4v) is 1.69. The Hall–Kier alpha value is -1.83. The van der Waals surface area contributed by atoms with Crippen LogP contribution in [0.15, 0.2) is 42.7 Å². The lowest BCUT2D eigenvalue weighted by Gasteiger charge is -2.08. The molecule has 82 valence electrons. The van der Waals surface area contributed by atoms with Crippen LogP contribution in [0.3, 0.4) is 0 Å². The number of pyridine rings is 1. The summed E-state index contributed by atoms with van der Waals surface area (Å²) in [5, 5.41) is 0. The van der Waals surface area contributed by atoms with Gasteiger partial charge in [0.1, 0.15) is 0 Å². The minimum atomic E-state index is 0.556. The molecule has 2 rings (SSSR count). The van der Waals surface area contributed by atoms with Gasteiger partial charge < -0.3 is 5.73 Å². The van der Waals surface area contributed by atoms with Crippen LogP contribution in [-0.2, 0) is 0 Å². The summed E-state index contributed by atoms with van der Waals surface area (Å²) in [5.74, 6) is 0.556. The molecule has 1 aromatic heterocycles. The first-order valence-corrected chi connectivity index (χ1v) is 5.48. The molecule has 2 nitrogen and oxygen atoms in total. The molecule has 0 aliphatic heterocycles. The largest absolute Gasteiger partial charge is 0.398 e. The fraction of sp³-hybridized carbons (Fsp3) is 0.214. The number of benzene rings is 1. The summed E-state index contributed by atoms with van der Waals surface area (Å²) in [6.45, 7) is 4.38. The molecule has 0 aliphatic rings. The molecule has 0 fully saturated rings. The number of nitrogens with two attached hydrogens (primary N) is 1. The van der Waals surface area contributed by atoms with Crippen molar-refractivity contribution in [2.75, 3.05) is 5.73 Å². The minimum absolute atomic E-state index is 0.556. The maximum atomic E-state index is 5.91. The number of hydrogen-bond acceptors (Lipinski definition) is 2. The van der Waals surface area contributed by atoms with Gasteiger partial charge in [-0.2, -0.15) is 0 Å². The standard InChI is InChI=1S/C14H16N2/c1-10(2)11-3-5-12(6-4-11)13-9-16-8-7-14(13)15/h3-10H,1-2H3,(H2,15,16). The molecule has 1 heterocycles. The lowest BCUT2D eigenvalue weighted by atomic mass is 9.99. The molecule has 0 aliphatic carbocycles. The summed E-state index contributed by atoms with van der Waals surface area (Å²) in [7, 11) is 0. The maximum Gasteiger partial charge on any atom is 0.0424 e. The van der Waals surface area contributed by atoms with Crippen molar-refractivity contribution in [1.82, 2.24) is 4.98 Å². The predicted octanol–water partition coefficient (Wildman–Crippen LogP) is 3.45. The lowest BCUT2D eigenvalue weighted by Crippen LogP contribution is -1.91. The molecule has 0 atom stereocenters. The van der Waals surface area contributed by atoms with Crippen LogP contribution in [0.1, 0.15) is 25.3 Å². The van der Waals surface area contributed by atoms with Crippen molar-refractivity contribution >= 4 is 5.69 Å². The number of rotatable bonds is 2. The van der Waals surface area contributed by atoms with E-state index in [4.69, 9.17) is 5.73 Å². The van der Waals surface area contributed by atoms with Gasteiger partial charge in [0.2, 0.25) is 0 Å². The van der Waals surface area contributed by atoms with Crippen molar-refractivity contribution in [2.45, 2.75) is 19.8 Å². The quantitative estimate of drug-likeness (QED) is 0.828. The third-order valence-electron chi connectivity index (χ3n) is 2.74. The second-order valence-electron chi connectivity index (χ2n) is 4.24. The molecule has 0 saturated carbocycles. The molecule has 0 radical (unpaired) electrons. The molecule has 2 heteroatoms. The Labute approximate surface area is 96.1 Å². The van der Waals surface area contributed by atoms with E-state index in [1.165, 1.54) is 5.56 Å². The molecular weight excluding hydrogens is 196 g/mol. The predicted molar refractivity (Wildman–Crippen MR) is 68.2 cm³/mol. The summed E-state index contributed by atoms with van der Waals surface area (Å²) in [5.41, 5.74) is 10.1. The number of nitrogen functional groups attached to an aromatic ring is 1. The highest BCUT2D eigenvalue weighted by atomic mass is 14.7. The molecule has 0 bridgehead atoms. The first kappa shape index (κ1) is 10.7. The Balaban J connectivity index is 2.39. The highest BCUT2D eigenvalue weighted by Gasteiger charge is 2.03. The molecule has 0 spiro atoms. The molecule has 1 aromatic carbocycles. The van der Waals surface area contributed by atoms with E-state index in [0.717, 1.165) is 16.8 Å². The zero-order valence-electron chi connectivity index (χ0n) is 9.64. The van der Waals surface area contributed by atoms with E-state index in [-0.39, 0.29) is 0 Å². The van der Waals surface area contributed by atoms with Gasteiger partial charge in [-0.3, -0.25) is 4.98 Å². The van der Waals surface area contributed by atoms with Gasteiger partial charge in [0.05, 0.1) is 0 Å². The fourth-order valence-electron chi connectivity index (χ4n) is 1.69. The second-order valence-corrected chi connectivity index (χ2v) is 4.24. The van der Waals surface area contributed by atoms with E-state index in [1.807, 2.05) is 6.07 Å². The summed E-state index contributed by atoms with van der Waals surface area (Å²) < 4.78 is 0. The van der Waals surface area contributed by atoms with Gasteiger partial charge in [-0.05, 0) is 23.1 Å². The number of aromatic nitrogens is 1. The van der Waals surface area contributed by atoms with Crippen LogP contribution >= 0.6 is 0 Å². The Morgan fingerprint density at radius 1 is 1.06 bits per heavy atom. The van der Waals surface area contributed by atoms with E-state index >= 15 is 0 Å². The second kappa shape index (κ2) is 4.35. The average Bonchev–Trinajstić information content (AvgIpc) is 2.30. The van der Waals surface area contributed by atoms with Crippen molar-refractivity contribution in [3.05, 3.63) is 48.3 Å². The molecule has 0 saturated heterocycles. The third-order valence-corrected chi connectivity index (χ3v) is 2.74. The molecular formula is C14H16N2. The minimum Gasteiger partial charge on any atom is -0.398 e. The smallest absolute Gasteiger partial charge is 0.0424 e. The summed E-state index contributed by atoms with van der Waals surface area (Å²) in [4.78, 5) is 4.10. The van der Waals surface area contributed by atoms with Gasteiger partial charge in [0, 0.05) is 23.6 Å². The van der Waals surface area contributed by atoms with Crippen molar-refractivity contribution in [3.8, 4) is 11.1 Å². The van der Waals surface area contributed by atoms with E-state index in [9.17, 15) is 0 Å². The Morgan fingerprint density at radius 2 is 1.75 bits per heavy atom. The van der Waals surface area contributed by atoms with Crippen molar-refractivity contribution < 1.29 is 0 Å². The molecule has 2 aromatic rings. The molecule has 0 amide bonds. The molecule has 2 N–H and O–H groups in total. The van der Waals surface area contributed by atoms with Crippen molar-refractivity contribution in [3.63, 3.8) is 0 Å². The highest BCUT2D eigenvalue weighted by molar-refractivity contribution is 5.75. The van der Waals surface area contributed by atoms with E-state index in [1.54, 1.807) is 12.4 Å². The Kier molecular flexibility index (Phi) is 2.91. The Bertz CT molecular complexity index is 472. The van der Waals surface area contributed by atoms with Crippen LogP contribution in [0.25, 0.3) is 11.1 Å². The van der Waals surface area contributed by atoms with Gasteiger partial charge in [0.15, 0.2) is 0 Å². The van der Waals surface area contributed by atoms with Crippen LogP contribution in [0.4, 0.5) is 5.69 Å². The van der Waals surface area contributed by atoms with E-state index < -0.39 is 0 Å². The van der Waals surface area contributed by atoms with Crippen LogP contribution in [0.2, 0.25) is 0 Å². The van der Waals surface area contributed by atoms with Gasteiger partial charge in [-0.1, -0.05) is 38.1 Å². The van der Waals surface area contributed by atoms with Crippen molar-refractivity contribution in [1.29, 1.82) is 0 Å². The maximum absolute atomic E-state index is 5.91. The zero-order valence-corrected chi connectivity index (χ0v) is 9.64. The number of nitrogens with zero attached hydrogens (tertiary/aromatic N) is 1. The normalized spacial score (nSPS) is 10.7. The summed E-state index contributed by atoms with van der Waals surface area (Å²) in [6.07, 6.45) is 3.51. The molecule has 0 unspecified atom stereocenters. The zero-order chi connectivity index (χ0) is 11.5. The van der Waals surface area contributed by atoms with Crippen LogP contribution < -0.4 is 5.73 Å². The number of anilines is 1.